The third-order valence-corrected chi connectivity index (χ3v) is 3.75. The number of nitrogens with one attached hydrogen (secondary N) is 1. The lowest BCUT2D eigenvalue weighted by molar-refractivity contribution is 0.0941. The summed E-state index contributed by atoms with van der Waals surface area (Å²) in [5, 5.41) is 7.47. The normalized spacial score (nSPS) is 10.8. The first kappa shape index (κ1) is 17.0. The number of nitrogens with zero attached hydrogens (tertiary/aromatic N) is 2. The van der Waals surface area contributed by atoms with E-state index in [4.69, 9.17) is 9.15 Å². The molecule has 0 spiro atoms. The van der Waals surface area contributed by atoms with Gasteiger partial charge in [0.2, 0.25) is 0 Å². The third kappa shape index (κ3) is 3.97. The molecule has 2 aromatic heterocycles. The molecule has 3 rings (SSSR count). The monoisotopic (exact) mass is 339 g/mol. The van der Waals surface area contributed by atoms with Gasteiger partial charge in [-0.1, -0.05) is 18.2 Å². The molecule has 3 aromatic rings. The van der Waals surface area contributed by atoms with Crippen molar-refractivity contribution >= 4 is 5.91 Å². The molecule has 0 aliphatic rings. The molecule has 0 bridgehead atoms. The van der Waals surface area contributed by atoms with Gasteiger partial charge in [-0.15, -0.1) is 0 Å². The number of aromatic nitrogens is 2. The van der Waals surface area contributed by atoms with Gasteiger partial charge in [-0.05, 0) is 37.6 Å². The van der Waals surface area contributed by atoms with E-state index in [1.165, 1.54) is 0 Å². The summed E-state index contributed by atoms with van der Waals surface area (Å²) in [6.07, 6.45) is 0.756. The molecule has 0 aliphatic heterocycles. The minimum atomic E-state index is -0.179. The molecule has 0 unspecified atom stereocenters. The maximum Gasteiger partial charge on any atom is 0.270 e. The van der Waals surface area contributed by atoms with Gasteiger partial charge in [0.25, 0.3) is 5.91 Å². The topological polar surface area (TPSA) is 69.3 Å². The maximum absolute atomic E-state index is 12.6. The van der Waals surface area contributed by atoms with Crippen LogP contribution in [0.2, 0.25) is 0 Å². The van der Waals surface area contributed by atoms with Crippen LogP contribution in [-0.4, -0.2) is 35.9 Å². The quantitative estimate of drug-likeness (QED) is 0.671. The first-order chi connectivity index (χ1) is 12.2. The summed E-state index contributed by atoms with van der Waals surface area (Å²) in [5.41, 5.74) is 1.91. The predicted molar refractivity (Wildman–Crippen MR) is 94.8 cm³/mol. The highest BCUT2D eigenvalue weighted by molar-refractivity contribution is 5.94. The van der Waals surface area contributed by atoms with Gasteiger partial charge in [0, 0.05) is 26.3 Å². The van der Waals surface area contributed by atoms with E-state index < -0.39 is 0 Å². The molecule has 6 nitrogen and oxygen atoms in total. The van der Waals surface area contributed by atoms with Gasteiger partial charge in [0.15, 0.2) is 5.76 Å². The molecule has 1 aromatic carbocycles. The number of carbonyl (C=O) groups excluding carboxylic acids is 1. The average molecular weight is 339 g/mol. The van der Waals surface area contributed by atoms with Crippen molar-refractivity contribution < 1.29 is 13.9 Å². The molecule has 0 radical (unpaired) electrons. The fourth-order valence-electron chi connectivity index (χ4n) is 2.51. The first-order valence-corrected chi connectivity index (χ1v) is 8.18. The van der Waals surface area contributed by atoms with Gasteiger partial charge < -0.3 is 14.5 Å². The molecule has 2 heterocycles. The fourth-order valence-corrected chi connectivity index (χ4v) is 2.51. The molecule has 1 amide bonds. The Morgan fingerprint density at radius 3 is 2.72 bits per heavy atom. The highest BCUT2D eigenvalue weighted by Gasteiger charge is 2.18. The molecule has 130 valence electrons. The number of amides is 1. The number of para-hydroxylation sites is 1. The van der Waals surface area contributed by atoms with Crippen molar-refractivity contribution in [3.63, 3.8) is 0 Å². The zero-order valence-electron chi connectivity index (χ0n) is 14.4. The van der Waals surface area contributed by atoms with Crippen LogP contribution in [0.3, 0.4) is 0 Å². The number of rotatable bonds is 7. The van der Waals surface area contributed by atoms with E-state index in [9.17, 15) is 4.79 Å². The Kier molecular flexibility index (Phi) is 5.30. The Morgan fingerprint density at radius 1 is 1.24 bits per heavy atom. The summed E-state index contributed by atoms with van der Waals surface area (Å²) in [6.45, 7) is 3.03. The Hall–Kier alpha value is -2.86. The van der Waals surface area contributed by atoms with Crippen molar-refractivity contribution in [3.8, 4) is 17.1 Å². The minimum absolute atomic E-state index is 0.179. The number of furan rings is 1. The lowest BCUT2D eigenvalue weighted by Gasteiger charge is -2.08. The number of carbonyl (C=O) groups is 1. The molecule has 0 fully saturated rings. The lowest BCUT2D eigenvalue weighted by atomic mass is 10.2. The number of hydrogen-bond donors (Lipinski definition) is 1. The zero-order chi connectivity index (χ0) is 17.6. The molecular formula is C19H21N3O3. The molecule has 6 heteroatoms. The van der Waals surface area contributed by atoms with Crippen LogP contribution < -0.4 is 5.32 Å². The summed E-state index contributed by atoms with van der Waals surface area (Å²) >= 11 is 0. The zero-order valence-corrected chi connectivity index (χ0v) is 14.4. The van der Waals surface area contributed by atoms with Crippen LogP contribution in [0.15, 0.2) is 52.9 Å². The van der Waals surface area contributed by atoms with E-state index in [0.29, 0.717) is 30.3 Å². The molecule has 0 aliphatic carbocycles. The molecule has 25 heavy (non-hydrogen) atoms. The van der Waals surface area contributed by atoms with Crippen molar-refractivity contribution in [2.45, 2.75) is 13.3 Å². The van der Waals surface area contributed by atoms with Crippen LogP contribution in [0, 0.1) is 6.92 Å². The summed E-state index contributed by atoms with van der Waals surface area (Å²) < 4.78 is 12.3. The maximum atomic E-state index is 12.6. The Labute approximate surface area is 146 Å². The number of ether oxygens (including phenoxy) is 1. The average Bonchev–Trinajstić information content (AvgIpc) is 3.26. The first-order valence-electron chi connectivity index (χ1n) is 8.18. The molecular weight excluding hydrogens is 318 g/mol. The molecule has 0 saturated carbocycles. The molecule has 0 atom stereocenters. The van der Waals surface area contributed by atoms with Crippen LogP contribution in [0.25, 0.3) is 17.1 Å². The third-order valence-electron chi connectivity index (χ3n) is 3.75. The fraction of sp³-hybridized carbons (Fsp3) is 0.263. The summed E-state index contributed by atoms with van der Waals surface area (Å²) in [6, 6.07) is 15.0. The standard InChI is InChI=1S/C19H21N3O3/c1-14-9-10-18(25-14)16-13-17(19(23)20-11-6-12-24-2)22(21-16)15-7-4-3-5-8-15/h3-5,7-10,13H,6,11-12H2,1-2H3,(H,20,23). The van der Waals surface area contributed by atoms with Crippen LogP contribution in [0.1, 0.15) is 22.7 Å². The van der Waals surface area contributed by atoms with Crippen LogP contribution >= 0.6 is 0 Å². The van der Waals surface area contributed by atoms with Gasteiger partial charge in [-0.2, -0.15) is 5.10 Å². The van der Waals surface area contributed by atoms with Crippen molar-refractivity contribution in [2.24, 2.45) is 0 Å². The van der Waals surface area contributed by atoms with Crippen LogP contribution in [0.4, 0.5) is 0 Å². The predicted octanol–water partition coefficient (Wildman–Crippen LogP) is 3.21. The van der Waals surface area contributed by atoms with Crippen molar-refractivity contribution in [1.82, 2.24) is 15.1 Å². The number of hydrogen-bond acceptors (Lipinski definition) is 4. The summed E-state index contributed by atoms with van der Waals surface area (Å²) in [5.74, 6) is 1.26. The van der Waals surface area contributed by atoms with Gasteiger partial charge in [-0.3, -0.25) is 4.79 Å². The number of aryl methyl sites for hydroxylation is 1. The van der Waals surface area contributed by atoms with Gasteiger partial charge in [0.1, 0.15) is 17.1 Å². The van der Waals surface area contributed by atoms with Crippen molar-refractivity contribution in [3.05, 3.63) is 60.0 Å². The SMILES string of the molecule is COCCCNC(=O)c1cc(-c2ccc(C)o2)nn1-c1ccccc1. The number of benzene rings is 1. The van der Waals surface area contributed by atoms with Gasteiger partial charge >= 0.3 is 0 Å². The number of methoxy groups -OCH3 is 1. The highest BCUT2D eigenvalue weighted by Crippen LogP contribution is 2.23. The van der Waals surface area contributed by atoms with Gasteiger partial charge in [-0.25, -0.2) is 4.68 Å². The Morgan fingerprint density at radius 2 is 2.04 bits per heavy atom. The second kappa shape index (κ2) is 7.81. The van der Waals surface area contributed by atoms with Gasteiger partial charge in [0.05, 0.1) is 5.69 Å². The minimum Gasteiger partial charge on any atom is -0.460 e. The van der Waals surface area contributed by atoms with Crippen molar-refractivity contribution in [1.29, 1.82) is 0 Å². The molecule has 0 saturated heterocycles. The second-order valence-electron chi connectivity index (χ2n) is 5.67. The van der Waals surface area contributed by atoms with E-state index in [-0.39, 0.29) is 5.91 Å². The van der Waals surface area contributed by atoms with E-state index in [0.717, 1.165) is 17.9 Å². The summed E-state index contributed by atoms with van der Waals surface area (Å²) in [4.78, 5) is 12.6. The smallest absolute Gasteiger partial charge is 0.270 e. The summed E-state index contributed by atoms with van der Waals surface area (Å²) in [7, 11) is 1.64. The van der Waals surface area contributed by atoms with E-state index in [1.807, 2.05) is 49.4 Å². The highest BCUT2D eigenvalue weighted by atomic mass is 16.5. The molecule has 1 N–H and O–H groups in total. The van der Waals surface area contributed by atoms with E-state index in [1.54, 1.807) is 17.9 Å². The largest absolute Gasteiger partial charge is 0.460 e. The Balaban J connectivity index is 1.91. The lowest BCUT2D eigenvalue weighted by Crippen LogP contribution is -2.27. The van der Waals surface area contributed by atoms with Crippen molar-refractivity contribution in [2.75, 3.05) is 20.3 Å². The Bertz CT molecular complexity index is 837. The van der Waals surface area contributed by atoms with Crippen LogP contribution in [0.5, 0.6) is 0 Å². The second-order valence-corrected chi connectivity index (χ2v) is 5.67. The van der Waals surface area contributed by atoms with E-state index in [2.05, 4.69) is 10.4 Å². The van der Waals surface area contributed by atoms with E-state index >= 15 is 0 Å². The van der Waals surface area contributed by atoms with Crippen LogP contribution in [-0.2, 0) is 4.74 Å².